The quantitative estimate of drug-likeness (QED) is 0.567. The Bertz CT molecular complexity index is 267. The van der Waals surface area contributed by atoms with Crippen molar-refractivity contribution in [1.82, 2.24) is 10.2 Å². The van der Waals surface area contributed by atoms with Crippen LogP contribution in [0.2, 0.25) is 0 Å². The van der Waals surface area contributed by atoms with E-state index in [2.05, 4.69) is 10.1 Å². The highest BCUT2D eigenvalue weighted by atomic mass is 16.5. The number of ether oxygens (including phenoxy) is 1. The molecule has 0 saturated heterocycles. The molecular weight excluding hydrogens is 216 g/mol. The van der Waals surface area contributed by atoms with Crippen molar-refractivity contribution in [2.24, 2.45) is 0 Å². The van der Waals surface area contributed by atoms with Gasteiger partial charge in [0.25, 0.3) is 0 Å². The fourth-order valence-electron chi connectivity index (χ4n) is 0.855. The van der Waals surface area contributed by atoms with Crippen molar-refractivity contribution in [3.63, 3.8) is 0 Å². The van der Waals surface area contributed by atoms with Gasteiger partial charge >= 0.3 is 5.97 Å². The minimum atomic E-state index is -1.12. The van der Waals surface area contributed by atoms with Gasteiger partial charge in [-0.1, -0.05) is 0 Å². The van der Waals surface area contributed by atoms with Gasteiger partial charge in [-0.25, -0.2) is 4.79 Å². The van der Waals surface area contributed by atoms with Crippen molar-refractivity contribution in [2.45, 2.75) is 6.42 Å². The first-order chi connectivity index (χ1) is 7.47. The van der Waals surface area contributed by atoms with Crippen molar-refractivity contribution in [3.05, 3.63) is 0 Å². The SMILES string of the molecule is CNC(=O)CCN(C)C(=O)COCC(=O)O. The van der Waals surface area contributed by atoms with Crippen LogP contribution in [0.4, 0.5) is 0 Å². The third-order valence-corrected chi connectivity index (χ3v) is 1.83. The fraction of sp³-hybridized carbons (Fsp3) is 0.667. The highest BCUT2D eigenvalue weighted by Gasteiger charge is 2.10. The van der Waals surface area contributed by atoms with Crippen LogP contribution in [-0.2, 0) is 19.1 Å². The van der Waals surface area contributed by atoms with Gasteiger partial charge in [0, 0.05) is 27.1 Å². The molecule has 0 saturated carbocycles. The lowest BCUT2D eigenvalue weighted by atomic mass is 10.3. The van der Waals surface area contributed by atoms with Crippen LogP contribution < -0.4 is 5.32 Å². The Morgan fingerprint density at radius 2 is 1.94 bits per heavy atom. The van der Waals surface area contributed by atoms with E-state index in [4.69, 9.17) is 5.11 Å². The number of carboxylic acids is 1. The zero-order valence-electron chi connectivity index (χ0n) is 9.36. The molecule has 0 aromatic heterocycles. The van der Waals surface area contributed by atoms with Gasteiger partial charge in [0.1, 0.15) is 13.2 Å². The van der Waals surface area contributed by atoms with Crippen LogP contribution >= 0.6 is 0 Å². The van der Waals surface area contributed by atoms with Gasteiger partial charge in [-0.3, -0.25) is 9.59 Å². The third kappa shape index (κ3) is 6.77. The molecule has 16 heavy (non-hydrogen) atoms. The molecule has 7 nitrogen and oxygen atoms in total. The van der Waals surface area contributed by atoms with E-state index in [1.807, 2.05) is 0 Å². The van der Waals surface area contributed by atoms with E-state index in [-0.39, 0.29) is 31.4 Å². The second-order valence-electron chi connectivity index (χ2n) is 3.13. The maximum absolute atomic E-state index is 11.3. The molecule has 7 heteroatoms. The second kappa shape index (κ2) is 7.63. The molecule has 0 aromatic carbocycles. The average Bonchev–Trinajstić information content (AvgIpc) is 2.24. The van der Waals surface area contributed by atoms with Crippen molar-refractivity contribution >= 4 is 17.8 Å². The number of hydrogen-bond acceptors (Lipinski definition) is 4. The van der Waals surface area contributed by atoms with Crippen molar-refractivity contribution < 1.29 is 24.2 Å². The first kappa shape index (κ1) is 14.4. The molecule has 0 bridgehead atoms. The topological polar surface area (TPSA) is 95.9 Å². The van der Waals surface area contributed by atoms with E-state index >= 15 is 0 Å². The number of nitrogens with zero attached hydrogens (tertiary/aromatic N) is 1. The molecule has 0 aromatic rings. The van der Waals surface area contributed by atoms with Gasteiger partial charge in [-0.2, -0.15) is 0 Å². The zero-order chi connectivity index (χ0) is 12.6. The predicted octanol–water partition coefficient (Wildman–Crippen LogP) is -1.32. The average molecular weight is 232 g/mol. The van der Waals surface area contributed by atoms with E-state index in [9.17, 15) is 14.4 Å². The molecule has 0 heterocycles. The minimum absolute atomic E-state index is 0.161. The summed E-state index contributed by atoms with van der Waals surface area (Å²) in [5.74, 6) is -1.64. The van der Waals surface area contributed by atoms with Crippen molar-refractivity contribution in [1.29, 1.82) is 0 Å². The molecule has 2 N–H and O–H groups in total. The molecule has 0 unspecified atom stereocenters. The summed E-state index contributed by atoms with van der Waals surface area (Å²) in [5.41, 5.74) is 0. The van der Waals surface area contributed by atoms with Crippen LogP contribution in [0.1, 0.15) is 6.42 Å². The molecule has 0 spiro atoms. The minimum Gasteiger partial charge on any atom is -0.480 e. The molecule has 2 amide bonds. The van der Waals surface area contributed by atoms with E-state index < -0.39 is 12.6 Å². The van der Waals surface area contributed by atoms with Crippen LogP contribution in [0.25, 0.3) is 0 Å². The van der Waals surface area contributed by atoms with Gasteiger partial charge < -0.3 is 20.1 Å². The molecule has 0 radical (unpaired) electrons. The molecule has 0 aliphatic carbocycles. The molecule has 0 aliphatic heterocycles. The number of carbonyl (C=O) groups excluding carboxylic acids is 2. The van der Waals surface area contributed by atoms with Crippen LogP contribution in [0, 0.1) is 0 Å². The highest BCUT2D eigenvalue weighted by molar-refractivity contribution is 5.79. The number of carbonyl (C=O) groups is 3. The van der Waals surface area contributed by atoms with Crippen LogP contribution in [0.5, 0.6) is 0 Å². The molecular formula is C9H16N2O5. The van der Waals surface area contributed by atoms with Crippen molar-refractivity contribution in [3.8, 4) is 0 Å². The predicted molar refractivity (Wildman–Crippen MR) is 54.8 cm³/mol. The first-order valence-electron chi connectivity index (χ1n) is 4.71. The third-order valence-electron chi connectivity index (χ3n) is 1.83. The smallest absolute Gasteiger partial charge is 0.329 e. The van der Waals surface area contributed by atoms with Gasteiger partial charge in [-0.05, 0) is 0 Å². The Balaban J connectivity index is 3.73. The Kier molecular flexibility index (Phi) is 6.86. The van der Waals surface area contributed by atoms with Crippen LogP contribution in [-0.4, -0.2) is 61.6 Å². The fourth-order valence-corrected chi connectivity index (χ4v) is 0.855. The molecule has 0 atom stereocenters. The summed E-state index contributed by atoms with van der Waals surface area (Å²) in [6.07, 6.45) is 0.206. The lowest BCUT2D eigenvalue weighted by Crippen LogP contribution is -2.34. The van der Waals surface area contributed by atoms with Gasteiger partial charge in [0.15, 0.2) is 0 Å². The largest absolute Gasteiger partial charge is 0.480 e. The van der Waals surface area contributed by atoms with Gasteiger partial charge in [-0.15, -0.1) is 0 Å². The van der Waals surface area contributed by atoms with E-state index in [0.29, 0.717) is 0 Å². The Hall–Kier alpha value is -1.63. The molecule has 0 aliphatic rings. The van der Waals surface area contributed by atoms with Crippen molar-refractivity contribution in [2.75, 3.05) is 33.9 Å². The van der Waals surface area contributed by atoms with Crippen LogP contribution in [0.3, 0.4) is 0 Å². The van der Waals surface area contributed by atoms with E-state index in [1.165, 1.54) is 19.0 Å². The number of rotatable bonds is 7. The molecule has 0 rings (SSSR count). The number of hydrogen-bond donors (Lipinski definition) is 2. The summed E-state index contributed by atoms with van der Waals surface area (Å²) in [4.78, 5) is 33.6. The van der Waals surface area contributed by atoms with Gasteiger partial charge in [0.2, 0.25) is 11.8 Å². The summed E-state index contributed by atoms with van der Waals surface area (Å²) in [6, 6.07) is 0. The summed E-state index contributed by atoms with van der Waals surface area (Å²) >= 11 is 0. The Morgan fingerprint density at radius 3 is 2.44 bits per heavy atom. The first-order valence-corrected chi connectivity index (χ1v) is 4.71. The number of amides is 2. The van der Waals surface area contributed by atoms with Gasteiger partial charge in [0.05, 0.1) is 0 Å². The maximum atomic E-state index is 11.3. The number of likely N-dealkylation sites (N-methyl/N-ethyl adjacent to an activating group) is 1. The Labute approximate surface area is 93.4 Å². The standard InChI is InChI=1S/C9H16N2O5/c1-10-7(12)3-4-11(2)8(13)5-16-6-9(14)15/h3-6H2,1-2H3,(H,10,12)(H,14,15). The maximum Gasteiger partial charge on any atom is 0.329 e. The lowest BCUT2D eigenvalue weighted by Gasteiger charge is -2.16. The summed E-state index contributed by atoms with van der Waals surface area (Å²) in [5, 5.41) is 10.7. The summed E-state index contributed by atoms with van der Waals surface area (Å²) in [6.45, 7) is -0.527. The second-order valence-corrected chi connectivity index (χ2v) is 3.13. The monoisotopic (exact) mass is 232 g/mol. The number of carboxylic acid groups (broad SMARTS) is 1. The summed E-state index contributed by atoms with van der Waals surface area (Å²) in [7, 11) is 3.04. The summed E-state index contributed by atoms with van der Waals surface area (Å²) < 4.78 is 4.62. The number of aliphatic carboxylic acids is 1. The number of nitrogens with one attached hydrogen (secondary N) is 1. The lowest BCUT2D eigenvalue weighted by molar-refractivity contribution is -0.145. The molecule has 92 valence electrons. The van der Waals surface area contributed by atoms with E-state index in [0.717, 1.165) is 0 Å². The normalized spacial score (nSPS) is 9.62. The zero-order valence-corrected chi connectivity index (χ0v) is 9.36. The van der Waals surface area contributed by atoms with Crippen LogP contribution in [0.15, 0.2) is 0 Å². The molecule has 0 fully saturated rings. The highest BCUT2D eigenvalue weighted by Crippen LogP contribution is 1.90. The Morgan fingerprint density at radius 1 is 1.31 bits per heavy atom. The van der Waals surface area contributed by atoms with E-state index in [1.54, 1.807) is 0 Å².